The number of fused-ring (bicyclic) bond motifs is 1. The summed E-state index contributed by atoms with van der Waals surface area (Å²) in [5, 5.41) is 7.83. The number of benzene rings is 1. The van der Waals surface area contributed by atoms with Crippen molar-refractivity contribution in [1.82, 2.24) is 19.6 Å². The lowest BCUT2D eigenvalue weighted by atomic mass is 10.2. The Morgan fingerprint density at radius 3 is 2.78 bits per heavy atom. The molecule has 0 radical (unpaired) electrons. The minimum atomic E-state index is -0.599. The number of rotatable bonds is 1. The minimum Gasteiger partial charge on any atom is -0.262 e. The Kier molecular flexibility index (Phi) is 2.45. The second kappa shape index (κ2) is 3.99. The van der Waals surface area contributed by atoms with Crippen molar-refractivity contribution < 1.29 is 8.78 Å². The fourth-order valence-electron chi connectivity index (χ4n) is 1.66. The van der Waals surface area contributed by atoms with Crippen LogP contribution < -0.4 is 0 Å². The maximum absolute atomic E-state index is 13.7. The van der Waals surface area contributed by atoms with Gasteiger partial charge in [0.1, 0.15) is 16.8 Å². The fraction of sp³-hybridized carbons (Fsp3) is 0. The van der Waals surface area contributed by atoms with Gasteiger partial charge in [-0.25, -0.2) is 8.78 Å². The van der Waals surface area contributed by atoms with Gasteiger partial charge in [-0.15, -0.1) is 10.2 Å². The van der Waals surface area contributed by atoms with Gasteiger partial charge in [0.2, 0.25) is 0 Å². The second-order valence-electron chi connectivity index (χ2n) is 3.57. The van der Waals surface area contributed by atoms with E-state index in [1.807, 2.05) is 0 Å². The summed E-state index contributed by atoms with van der Waals surface area (Å²) < 4.78 is 28.3. The standard InChI is InChI=1S/C11H5ClF2N4/c12-9-4-15-5-10-16-17-11(18(9)10)7-3-6(13)1-2-8(7)14/h1-5H. The maximum atomic E-state index is 13.7. The fourth-order valence-corrected chi connectivity index (χ4v) is 1.88. The zero-order chi connectivity index (χ0) is 12.7. The Balaban J connectivity index is 2.35. The topological polar surface area (TPSA) is 43.1 Å². The molecule has 0 aliphatic heterocycles. The summed E-state index contributed by atoms with van der Waals surface area (Å²) in [4.78, 5) is 3.84. The third-order valence-electron chi connectivity index (χ3n) is 2.44. The number of hydrogen-bond acceptors (Lipinski definition) is 3. The lowest BCUT2D eigenvalue weighted by Gasteiger charge is -2.03. The van der Waals surface area contributed by atoms with E-state index in [2.05, 4.69) is 15.2 Å². The Bertz CT molecular complexity index is 741. The number of halogens is 3. The lowest BCUT2D eigenvalue weighted by molar-refractivity contribution is 0.602. The second-order valence-corrected chi connectivity index (χ2v) is 3.96. The Labute approximate surface area is 105 Å². The van der Waals surface area contributed by atoms with E-state index in [0.29, 0.717) is 5.65 Å². The molecule has 0 atom stereocenters. The SMILES string of the molecule is Fc1ccc(F)c(-c2nnc3cncc(Cl)n23)c1. The quantitative estimate of drug-likeness (QED) is 0.680. The van der Waals surface area contributed by atoms with Crippen LogP contribution in [0.25, 0.3) is 17.0 Å². The maximum Gasteiger partial charge on any atom is 0.180 e. The summed E-state index contributed by atoms with van der Waals surface area (Å²) >= 11 is 5.95. The molecule has 3 rings (SSSR count). The highest BCUT2D eigenvalue weighted by molar-refractivity contribution is 6.29. The van der Waals surface area contributed by atoms with Crippen LogP contribution in [0.3, 0.4) is 0 Å². The van der Waals surface area contributed by atoms with Crippen molar-refractivity contribution in [3.8, 4) is 11.4 Å². The van der Waals surface area contributed by atoms with Gasteiger partial charge >= 0.3 is 0 Å². The molecule has 0 N–H and O–H groups in total. The molecule has 0 spiro atoms. The predicted molar refractivity (Wildman–Crippen MR) is 61.1 cm³/mol. The van der Waals surface area contributed by atoms with E-state index in [0.717, 1.165) is 18.2 Å². The van der Waals surface area contributed by atoms with Crippen molar-refractivity contribution in [2.24, 2.45) is 0 Å². The van der Waals surface area contributed by atoms with Crippen molar-refractivity contribution in [2.45, 2.75) is 0 Å². The van der Waals surface area contributed by atoms with Crippen LogP contribution in [-0.4, -0.2) is 19.6 Å². The number of aromatic nitrogens is 4. The van der Waals surface area contributed by atoms with Crippen LogP contribution in [0.1, 0.15) is 0 Å². The minimum absolute atomic E-state index is 0.00407. The summed E-state index contributed by atoms with van der Waals surface area (Å²) in [5.41, 5.74) is 0.358. The van der Waals surface area contributed by atoms with Crippen LogP contribution in [0, 0.1) is 11.6 Å². The Hall–Kier alpha value is -2.08. The van der Waals surface area contributed by atoms with Gasteiger partial charge in [-0.1, -0.05) is 11.6 Å². The normalized spacial score (nSPS) is 11.1. The van der Waals surface area contributed by atoms with Crippen LogP contribution >= 0.6 is 11.6 Å². The van der Waals surface area contributed by atoms with Gasteiger partial charge in [0.25, 0.3) is 0 Å². The molecule has 18 heavy (non-hydrogen) atoms. The molecule has 7 heteroatoms. The summed E-state index contributed by atoms with van der Waals surface area (Å²) in [5.74, 6) is -1.03. The van der Waals surface area contributed by atoms with E-state index in [4.69, 9.17) is 11.6 Å². The summed E-state index contributed by atoms with van der Waals surface area (Å²) in [6, 6.07) is 3.11. The molecule has 0 fully saturated rings. The third-order valence-corrected chi connectivity index (χ3v) is 2.71. The lowest BCUT2D eigenvalue weighted by Crippen LogP contribution is -1.95. The molecule has 0 saturated carbocycles. The van der Waals surface area contributed by atoms with Crippen LogP contribution in [0.15, 0.2) is 30.6 Å². The van der Waals surface area contributed by atoms with Crippen molar-refractivity contribution >= 4 is 17.2 Å². The molecule has 2 aromatic heterocycles. The predicted octanol–water partition coefficient (Wildman–Crippen LogP) is 2.72. The third kappa shape index (κ3) is 1.62. The molecule has 0 aliphatic rings. The molecule has 4 nitrogen and oxygen atoms in total. The highest BCUT2D eigenvalue weighted by Gasteiger charge is 2.15. The molecule has 0 aliphatic carbocycles. The van der Waals surface area contributed by atoms with Crippen LogP contribution in [0.2, 0.25) is 5.15 Å². The molecule has 3 aromatic rings. The van der Waals surface area contributed by atoms with Crippen molar-refractivity contribution in [3.05, 3.63) is 47.4 Å². The molecule has 0 saturated heterocycles. The molecule has 2 heterocycles. The summed E-state index contributed by atoms with van der Waals surface area (Å²) in [7, 11) is 0. The van der Waals surface area contributed by atoms with Crippen LogP contribution in [0.5, 0.6) is 0 Å². The van der Waals surface area contributed by atoms with Gasteiger partial charge in [0, 0.05) is 0 Å². The van der Waals surface area contributed by atoms with E-state index < -0.39 is 11.6 Å². The highest BCUT2D eigenvalue weighted by Crippen LogP contribution is 2.24. The average molecular weight is 267 g/mol. The summed E-state index contributed by atoms with van der Waals surface area (Å²) in [6.07, 6.45) is 2.80. The van der Waals surface area contributed by atoms with Gasteiger partial charge in [-0.3, -0.25) is 9.38 Å². The molecular formula is C11H5ClF2N4. The average Bonchev–Trinajstić information content (AvgIpc) is 2.77. The molecular weight excluding hydrogens is 262 g/mol. The molecule has 90 valence electrons. The Morgan fingerprint density at radius 1 is 1.11 bits per heavy atom. The number of nitrogens with zero attached hydrogens (tertiary/aromatic N) is 4. The molecule has 0 unspecified atom stereocenters. The largest absolute Gasteiger partial charge is 0.262 e. The van der Waals surface area contributed by atoms with E-state index in [1.165, 1.54) is 16.8 Å². The van der Waals surface area contributed by atoms with E-state index >= 15 is 0 Å². The smallest absolute Gasteiger partial charge is 0.180 e. The van der Waals surface area contributed by atoms with Crippen LogP contribution in [0.4, 0.5) is 8.78 Å². The van der Waals surface area contributed by atoms with Gasteiger partial charge in [-0.05, 0) is 18.2 Å². The zero-order valence-corrected chi connectivity index (χ0v) is 9.57. The van der Waals surface area contributed by atoms with Gasteiger partial charge in [-0.2, -0.15) is 0 Å². The van der Waals surface area contributed by atoms with Crippen LogP contribution in [-0.2, 0) is 0 Å². The number of hydrogen-bond donors (Lipinski definition) is 0. The van der Waals surface area contributed by atoms with Gasteiger partial charge in [0.05, 0.1) is 18.0 Å². The van der Waals surface area contributed by atoms with E-state index in [9.17, 15) is 8.78 Å². The zero-order valence-electron chi connectivity index (χ0n) is 8.81. The van der Waals surface area contributed by atoms with E-state index in [-0.39, 0.29) is 16.5 Å². The first kappa shape index (κ1) is 11.0. The van der Waals surface area contributed by atoms with Crippen molar-refractivity contribution in [3.63, 3.8) is 0 Å². The molecule has 0 bridgehead atoms. The molecule has 0 amide bonds. The Morgan fingerprint density at radius 2 is 1.94 bits per heavy atom. The van der Waals surface area contributed by atoms with Gasteiger partial charge < -0.3 is 0 Å². The van der Waals surface area contributed by atoms with E-state index in [1.54, 1.807) is 0 Å². The first-order valence-electron chi connectivity index (χ1n) is 4.97. The monoisotopic (exact) mass is 266 g/mol. The first-order chi connectivity index (χ1) is 8.66. The van der Waals surface area contributed by atoms with Crippen molar-refractivity contribution in [1.29, 1.82) is 0 Å². The molecule has 1 aromatic carbocycles. The summed E-state index contributed by atoms with van der Waals surface area (Å²) in [6.45, 7) is 0. The first-order valence-corrected chi connectivity index (χ1v) is 5.34. The van der Waals surface area contributed by atoms with Gasteiger partial charge in [0.15, 0.2) is 11.5 Å². The van der Waals surface area contributed by atoms with Crippen molar-refractivity contribution in [2.75, 3.05) is 0 Å². The highest BCUT2D eigenvalue weighted by atomic mass is 35.5.